The normalized spacial score (nSPS) is 12.9. The van der Waals surface area contributed by atoms with Gasteiger partial charge in [0, 0.05) is 12.2 Å². The van der Waals surface area contributed by atoms with E-state index in [1.807, 2.05) is 0 Å². The Bertz CT molecular complexity index is 295. The highest BCUT2D eigenvalue weighted by atomic mass is 35.5. The first-order chi connectivity index (χ1) is 6.15. The average molecular weight is 242 g/mol. The van der Waals surface area contributed by atoms with Gasteiger partial charge in [-0.15, -0.1) is 21.8 Å². The van der Waals surface area contributed by atoms with E-state index in [9.17, 15) is 0 Å². The predicted octanol–water partition coefficient (Wildman–Crippen LogP) is 2.45. The van der Waals surface area contributed by atoms with Gasteiger partial charge in [0.25, 0.3) is 0 Å². The quantitative estimate of drug-likeness (QED) is 0.827. The van der Waals surface area contributed by atoms with Crippen LogP contribution in [-0.4, -0.2) is 21.9 Å². The van der Waals surface area contributed by atoms with Gasteiger partial charge in [0.2, 0.25) is 0 Å². The maximum Gasteiger partial charge on any atom is 0.156 e. The molecule has 0 fully saturated rings. The molecule has 0 aliphatic rings. The van der Waals surface area contributed by atoms with E-state index in [1.165, 1.54) is 0 Å². The van der Waals surface area contributed by atoms with Crippen LogP contribution in [0.4, 0.5) is 0 Å². The average Bonchev–Trinajstić information content (AvgIpc) is 2.09. The fraction of sp³-hybridized carbons (Fsp3) is 0.429. The van der Waals surface area contributed by atoms with Gasteiger partial charge >= 0.3 is 0 Å². The fourth-order valence-corrected chi connectivity index (χ4v) is 1.55. The summed E-state index contributed by atoms with van der Waals surface area (Å²) in [4.78, 5) is 0. The highest BCUT2D eigenvalue weighted by Crippen LogP contribution is 2.29. The molecule has 1 rings (SSSR count). The Balaban J connectivity index is 2.91. The molecule has 3 nitrogen and oxygen atoms in total. The van der Waals surface area contributed by atoms with Gasteiger partial charge in [-0.25, -0.2) is 0 Å². The zero-order valence-electron chi connectivity index (χ0n) is 6.54. The van der Waals surface area contributed by atoms with Crippen LogP contribution in [0.2, 0.25) is 10.3 Å². The van der Waals surface area contributed by atoms with Crippen LogP contribution >= 0.6 is 34.8 Å². The number of alkyl halides is 1. The lowest BCUT2D eigenvalue weighted by molar-refractivity contribution is 0.286. The zero-order valence-corrected chi connectivity index (χ0v) is 8.81. The maximum atomic E-state index is 8.66. The summed E-state index contributed by atoms with van der Waals surface area (Å²) in [6, 6.07) is 1.55. The molecule has 0 unspecified atom stereocenters. The van der Waals surface area contributed by atoms with Crippen molar-refractivity contribution in [3.63, 3.8) is 0 Å². The van der Waals surface area contributed by atoms with Crippen molar-refractivity contribution in [2.24, 2.45) is 0 Å². The molecular formula is C7H7Cl3N2O. The first-order valence-electron chi connectivity index (χ1n) is 3.58. The van der Waals surface area contributed by atoms with Gasteiger partial charge < -0.3 is 5.11 Å². The monoisotopic (exact) mass is 240 g/mol. The third-order valence-electron chi connectivity index (χ3n) is 1.47. The lowest BCUT2D eigenvalue weighted by Crippen LogP contribution is -1.98. The molecule has 1 N–H and O–H groups in total. The third kappa shape index (κ3) is 2.95. The number of aromatic nitrogens is 2. The number of hydrogen-bond acceptors (Lipinski definition) is 3. The zero-order chi connectivity index (χ0) is 9.84. The first-order valence-corrected chi connectivity index (χ1v) is 4.78. The Labute approximate surface area is 90.6 Å². The minimum absolute atomic E-state index is 0.00949. The van der Waals surface area contributed by atoms with Crippen molar-refractivity contribution >= 4 is 34.8 Å². The van der Waals surface area contributed by atoms with Crippen LogP contribution in [0.1, 0.15) is 17.4 Å². The molecule has 0 spiro atoms. The van der Waals surface area contributed by atoms with Crippen molar-refractivity contribution < 1.29 is 5.11 Å². The summed E-state index contributed by atoms with van der Waals surface area (Å²) in [6.45, 7) is -0.00949. The second kappa shape index (κ2) is 4.96. The van der Waals surface area contributed by atoms with Crippen LogP contribution < -0.4 is 0 Å². The summed E-state index contributed by atoms with van der Waals surface area (Å²) in [7, 11) is 0. The smallest absolute Gasteiger partial charge is 0.156 e. The van der Waals surface area contributed by atoms with Crippen molar-refractivity contribution in [3.05, 3.63) is 21.9 Å². The highest BCUT2D eigenvalue weighted by molar-refractivity contribution is 6.33. The number of hydrogen-bond donors (Lipinski definition) is 1. The van der Waals surface area contributed by atoms with Gasteiger partial charge in [-0.05, 0) is 12.5 Å². The molecule has 0 aliphatic carbocycles. The molecule has 1 aromatic rings. The van der Waals surface area contributed by atoms with Gasteiger partial charge in [0.15, 0.2) is 10.3 Å². The molecule has 0 saturated carbocycles. The predicted molar refractivity (Wildman–Crippen MR) is 52.3 cm³/mol. The van der Waals surface area contributed by atoms with Crippen molar-refractivity contribution in [2.45, 2.75) is 11.8 Å². The molecule has 1 aromatic heterocycles. The minimum atomic E-state index is -0.384. The summed E-state index contributed by atoms with van der Waals surface area (Å²) in [6.07, 6.45) is 0.406. The molecule has 0 aliphatic heterocycles. The number of aliphatic hydroxyl groups excluding tert-OH is 1. The van der Waals surface area contributed by atoms with E-state index in [-0.39, 0.29) is 22.3 Å². The van der Waals surface area contributed by atoms with E-state index >= 15 is 0 Å². The lowest BCUT2D eigenvalue weighted by Gasteiger charge is -2.08. The topological polar surface area (TPSA) is 46.0 Å². The molecular weight excluding hydrogens is 234 g/mol. The van der Waals surface area contributed by atoms with Gasteiger partial charge in [0.05, 0.1) is 5.38 Å². The van der Waals surface area contributed by atoms with Crippen LogP contribution in [0, 0.1) is 0 Å². The number of aliphatic hydroxyl groups is 1. The largest absolute Gasteiger partial charge is 0.396 e. The second-order valence-corrected chi connectivity index (χ2v) is 3.67. The van der Waals surface area contributed by atoms with Crippen molar-refractivity contribution in [1.29, 1.82) is 0 Å². The van der Waals surface area contributed by atoms with E-state index in [4.69, 9.17) is 39.9 Å². The first kappa shape index (κ1) is 11.0. The standard InChI is InChI=1S/C7H7Cl3N2O/c8-5(1-2-13)4-3-6(9)11-12-7(4)10/h3,5,13H,1-2H2/t5-/m0/s1. The van der Waals surface area contributed by atoms with Crippen molar-refractivity contribution in [1.82, 2.24) is 10.2 Å². The van der Waals surface area contributed by atoms with E-state index in [2.05, 4.69) is 10.2 Å². The molecule has 0 bridgehead atoms. The van der Waals surface area contributed by atoms with Crippen LogP contribution in [0.3, 0.4) is 0 Å². The fourth-order valence-electron chi connectivity index (χ4n) is 0.855. The summed E-state index contributed by atoms with van der Waals surface area (Å²) in [5.41, 5.74) is 0.595. The minimum Gasteiger partial charge on any atom is -0.396 e. The molecule has 0 radical (unpaired) electrons. The Morgan fingerprint density at radius 1 is 1.38 bits per heavy atom. The molecule has 0 saturated heterocycles. The molecule has 1 atom stereocenters. The number of halogens is 3. The summed E-state index contributed by atoms with van der Waals surface area (Å²) in [5, 5.41) is 15.9. The van der Waals surface area contributed by atoms with Crippen molar-refractivity contribution in [2.75, 3.05) is 6.61 Å². The van der Waals surface area contributed by atoms with Crippen LogP contribution in [0.5, 0.6) is 0 Å². The third-order valence-corrected chi connectivity index (χ3v) is 2.40. The van der Waals surface area contributed by atoms with Crippen LogP contribution in [0.15, 0.2) is 6.07 Å². The van der Waals surface area contributed by atoms with Gasteiger partial charge in [-0.2, -0.15) is 0 Å². The lowest BCUT2D eigenvalue weighted by atomic mass is 10.2. The van der Waals surface area contributed by atoms with E-state index in [0.29, 0.717) is 12.0 Å². The summed E-state index contributed by atoms with van der Waals surface area (Å²) in [5.74, 6) is 0. The Kier molecular flexibility index (Phi) is 4.19. The molecule has 0 amide bonds. The Hall–Kier alpha value is -0.0900. The SMILES string of the molecule is OCC[C@H](Cl)c1cc(Cl)nnc1Cl. The van der Waals surface area contributed by atoms with E-state index < -0.39 is 0 Å². The molecule has 72 valence electrons. The van der Waals surface area contributed by atoms with Gasteiger partial charge in [0.1, 0.15) is 0 Å². The second-order valence-electron chi connectivity index (χ2n) is 2.39. The van der Waals surface area contributed by atoms with E-state index in [0.717, 1.165) is 0 Å². The highest BCUT2D eigenvalue weighted by Gasteiger charge is 2.13. The number of rotatable bonds is 3. The molecule has 13 heavy (non-hydrogen) atoms. The Morgan fingerprint density at radius 3 is 2.69 bits per heavy atom. The van der Waals surface area contributed by atoms with Gasteiger partial charge in [-0.3, -0.25) is 0 Å². The van der Waals surface area contributed by atoms with Gasteiger partial charge in [-0.1, -0.05) is 23.2 Å². The van der Waals surface area contributed by atoms with E-state index in [1.54, 1.807) is 6.07 Å². The molecule has 1 heterocycles. The Morgan fingerprint density at radius 2 is 2.08 bits per heavy atom. The summed E-state index contributed by atoms with van der Waals surface area (Å²) >= 11 is 17.2. The van der Waals surface area contributed by atoms with Crippen LogP contribution in [0.25, 0.3) is 0 Å². The molecule has 0 aromatic carbocycles. The summed E-state index contributed by atoms with van der Waals surface area (Å²) < 4.78 is 0. The maximum absolute atomic E-state index is 8.66. The van der Waals surface area contributed by atoms with Crippen LogP contribution in [-0.2, 0) is 0 Å². The van der Waals surface area contributed by atoms with Crippen molar-refractivity contribution in [3.8, 4) is 0 Å². The number of nitrogens with zero attached hydrogens (tertiary/aromatic N) is 2. The molecule has 6 heteroatoms.